The van der Waals surface area contributed by atoms with Gasteiger partial charge in [0, 0.05) is 45.3 Å². The molecule has 7 heteroatoms. The van der Waals surface area contributed by atoms with Crippen LogP contribution in [0, 0.1) is 0 Å². The van der Waals surface area contributed by atoms with Crippen molar-refractivity contribution in [2.75, 3.05) is 13.1 Å². The van der Waals surface area contributed by atoms with Crippen molar-refractivity contribution < 1.29 is 4.79 Å². The summed E-state index contributed by atoms with van der Waals surface area (Å²) in [5.41, 5.74) is 3.89. The van der Waals surface area contributed by atoms with E-state index in [0.29, 0.717) is 24.3 Å². The molecule has 0 spiro atoms. The molecule has 1 aliphatic heterocycles. The van der Waals surface area contributed by atoms with Crippen LogP contribution in [0.1, 0.15) is 46.9 Å². The van der Waals surface area contributed by atoms with Crippen molar-refractivity contribution in [2.45, 2.75) is 39.3 Å². The van der Waals surface area contributed by atoms with Gasteiger partial charge in [-0.15, -0.1) is 0 Å². The molecular formula is C22H27N5O2. The van der Waals surface area contributed by atoms with Crippen molar-refractivity contribution in [1.82, 2.24) is 24.4 Å². The lowest BCUT2D eigenvalue weighted by Gasteiger charge is -2.29. The highest BCUT2D eigenvalue weighted by Crippen LogP contribution is 2.21. The first-order valence-corrected chi connectivity index (χ1v) is 10.2. The highest BCUT2D eigenvalue weighted by Gasteiger charge is 2.26. The fraction of sp³-hybridized carbons (Fsp3) is 0.409. The maximum atomic E-state index is 13.1. The summed E-state index contributed by atoms with van der Waals surface area (Å²) in [6.07, 6.45) is 4.22. The molecule has 3 aromatic rings. The fourth-order valence-electron chi connectivity index (χ4n) is 4.05. The summed E-state index contributed by atoms with van der Waals surface area (Å²) in [6, 6.07) is 10.3. The maximum Gasteiger partial charge on any atom is 0.279 e. The Hall–Kier alpha value is -2.93. The zero-order chi connectivity index (χ0) is 20.4. The lowest BCUT2D eigenvalue weighted by Crippen LogP contribution is -2.38. The second-order valence-corrected chi connectivity index (χ2v) is 7.64. The quantitative estimate of drug-likeness (QED) is 0.651. The Bertz CT molecular complexity index is 1080. The van der Waals surface area contributed by atoms with Gasteiger partial charge in [-0.05, 0) is 12.0 Å². The molecule has 3 heterocycles. The first-order chi connectivity index (χ1) is 14.1. The molecule has 0 aliphatic carbocycles. The number of aryl methyl sites for hydroxylation is 1. The fourth-order valence-corrected chi connectivity index (χ4v) is 4.05. The molecule has 1 aromatic carbocycles. The van der Waals surface area contributed by atoms with Crippen LogP contribution in [0.2, 0.25) is 0 Å². The lowest BCUT2D eigenvalue weighted by molar-refractivity contribution is 0.0954. The molecule has 0 fully saturated rings. The smallest absolute Gasteiger partial charge is 0.279 e. The molecule has 2 aromatic heterocycles. The predicted molar refractivity (Wildman–Crippen MR) is 112 cm³/mol. The predicted octanol–water partition coefficient (Wildman–Crippen LogP) is 2.12. The molecule has 1 amide bonds. The molecule has 1 aliphatic rings. The molecule has 0 saturated carbocycles. The highest BCUT2D eigenvalue weighted by molar-refractivity contribution is 5.99. The van der Waals surface area contributed by atoms with Gasteiger partial charge >= 0.3 is 0 Å². The number of carbonyl (C=O) groups excluding carboxylic acids is 1. The number of benzene rings is 1. The third-order valence-corrected chi connectivity index (χ3v) is 5.62. The summed E-state index contributed by atoms with van der Waals surface area (Å²) in [6.45, 7) is 4.98. The molecule has 152 valence electrons. The highest BCUT2D eigenvalue weighted by atomic mass is 16.2. The van der Waals surface area contributed by atoms with Crippen molar-refractivity contribution in [2.24, 2.45) is 7.05 Å². The Morgan fingerprint density at radius 2 is 2.03 bits per heavy atom. The van der Waals surface area contributed by atoms with Crippen molar-refractivity contribution in [1.29, 1.82) is 0 Å². The van der Waals surface area contributed by atoms with Crippen molar-refractivity contribution >= 4 is 11.6 Å². The van der Waals surface area contributed by atoms with Gasteiger partial charge in [-0.1, -0.05) is 43.7 Å². The van der Waals surface area contributed by atoms with Gasteiger partial charge in [0.1, 0.15) is 5.56 Å². The van der Waals surface area contributed by atoms with E-state index in [0.717, 1.165) is 43.6 Å². The van der Waals surface area contributed by atoms with Crippen LogP contribution < -0.4 is 10.9 Å². The number of carbonyl (C=O) groups is 1. The summed E-state index contributed by atoms with van der Waals surface area (Å²) >= 11 is 0. The van der Waals surface area contributed by atoms with Crippen LogP contribution in [-0.2, 0) is 26.6 Å². The molecule has 29 heavy (non-hydrogen) atoms. The molecular weight excluding hydrogens is 366 g/mol. The van der Waals surface area contributed by atoms with Crippen molar-refractivity contribution in [3.63, 3.8) is 0 Å². The average molecular weight is 393 g/mol. The van der Waals surface area contributed by atoms with E-state index in [1.165, 1.54) is 16.3 Å². The molecule has 0 unspecified atom stereocenters. The van der Waals surface area contributed by atoms with Gasteiger partial charge in [0.15, 0.2) is 5.65 Å². The SMILES string of the molecule is CCCCNC(=O)c1cnn2c(=O)c3c(n(C)c12)CCN(Cc1ccccc1)C3. The lowest BCUT2D eigenvalue weighted by atomic mass is 10.1. The van der Waals surface area contributed by atoms with Gasteiger partial charge in [0.25, 0.3) is 11.5 Å². The van der Waals surface area contributed by atoms with E-state index >= 15 is 0 Å². The second kappa shape index (κ2) is 8.21. The zero-order valence-corrected chi connectivity index (χ0v) is 17.0. The molecule has 4 rings (SSSR count). The van der Waals surface area contributed by atoms with Gasteiger partial charge in [-0.25, -0.2) is 0 Å². The number of rotatable bonds is 6. The average Bonchev–Trinajstić information content (AvgIpc) is 3.19. The molecule has 0 atom stereocenters. The Morgan fingerprint density at radius 3 is 2.79 bits per heavy atom. The molecule has 0 saturated heterocycles. The van der Waals surface area contributed by atoms with Gasteiger partial charge in [-0.2, -0.15) is 9.61 Å². The number of nitrogens with one attached hydrogen (secondary N) is 1. The summed E-state index contributed by atoms with van der Waals surface area (Å²) in [5.74, 6) is -0.176. The number of hydrogen-bond acceptors (Lipinski definition) is 4. The summed E-state index contributed by atoms with van der Waals surface area (Å²) in [7, 11) is 1.92. The van der Waals surface area contributed by atoms with E-state index in [-0.39, 0.29) is 11.5 Å². The normalized spacial score (nSPS) is 14.1. The van der Waals surface area contributed by atoms with E-state index in [1.807, 2.05) is 29.8 Å². The first-order valence-electron chi connectivity index (χ1n) is 10.2. The van der Waals surface area contributed by atoms with E-state index in [9.17, 15) is 9.59 Å². The van der Waals surface area contributed by atoms with Gasteiger partial charge in [0.2, 0.25) is 0 Å². The van der Waals surface area contributed by atoms with Crippen LogP contribution >= 0.6 is 0 Å². The van der Waals surface area contributed by atoms with Crippen LogP contribution in [0.25, 0.3) is 5.65 Å². The zero-order valence-electron chi connectivity index (χ0n) is 17.0. The minimum absolute atomic E-state index is 0.126. The number of fused-ring (bicyclic) bond motifs is 2. The van der Waals surface area contributed by atoms with Crippen molar-refractivity contribution in [3.05, 3.63) is 69.3 Å². The van der Waals surface area contributed by atoms with Crippen LogP contribution in [0.5, 0.6) is 0 Å². The Balaban J connectivity index is 1.65. The van der Waals surface area contributed by atoms with E-state index in [4.69, 9.17) is 0 Å². The van der Waals surface area contributed by atoms with Crippen LogP contribution in [0.3, 0.4) is 0 Å². The minimum atomic E-state index is -0.176. The molecule has 0 bridgehead atoms. The van der Waals surface area contributed by atoms with Crippen molar-refractivity contribution in [3.8, 4) is 0 Å². The Labute approximate surface area is 170 Å². The second-order valence-electron chi connectivity index (χ2n) is 7.64. The maximum absolute atomic E-state index is 13.1. The summed E-state index contributed by atoms with van der Waals surface area (Å²) in [4.78, 5) is 28.0. The Morgan fingerprint density at radius 1 is 1.24 bits per heavy atom. The number of unbranched alkanes of at least 4 members (excludes halogenated alkanes) is 1. The van der Waals surface area contributed by atoms with E-state index in [2.05, 4.69) is 34.4 Å². The van der Waals surface area contributed by atoms with Crippen LogP contribution in [-0.4, -0.2) is 38.1 Å². The largest absolute Gasteiger partial charge is 0.352 e. The number of hydrogen-bond donors (Lipinski definition) is 1. The standard InChI is InChI=1S/C22H27N5O2/c1-3-4-11-23-20(28)17-13-24-27-21(17)25(2)19-10-12-26(15-18(19)22(27)29)14-16-8-6-5-7-9-16/h5-9,13H,3-4,10-12,14-15H2,1-2H3,(H,23,28). The van der Waals surface area contributed by atoms with E-state index in [1.54, 1.807) is 0 Å². The number of amides is 1. The molecule has 1 N–H and O–H groups in total. The minimum Gasteiger partial charge on any atom is -0.352 e. The van der Waals surface area contributed by atoms with Gasteiger partial charge in [0.05, 0.1) is 11.8 Å². The third-order valence-electron chi connectivity index (χ3n) is 5.62. The first kappa shape index (κ1) is 19.4. The molecule has 0 radical (unpaired) electrons. The topological polar surface area (TPSA) is 71.6 Å². The van der Waals surface area contributed by atoms with Gasteiger partial charge in [-0.3, -0.25) is 14.5 Å². The number of nitrogens with zero attached hydrogens (tertiary/aromatic N) is 4. The molecule has 7 nitrogen and oxygen atoms in total. The number of aromatic nitrogens is 3. The summed E-state index contributed by atoms with van der Waals surface area (Å²) in [5, 5.41) is 7.17. The Kier molecular flexibility index (Phi) is 5.49. The van der Waals surface area contributed by atoms with Crippen LogP contribution in [0.4, 0.5) is 0 Å². The third kappa shape index (κ3) is 3.70. The monoisotopic (exact) mass is 393 g/mol. The summed E-state index contributed by atoms with van der Waals surface area (Å²) < 4.78 is 3.35. The van der Waals surface area contributed by atoms with Gasteiger partial charge < -0.3 is 9.88 Å². The van der Waals surface area contributed by atoms with E-state index < -0.39 is 0 Å². The van der Waals surface area contributed by atoms with Crippen LogP contribution in [0.15, 0.2) is 41.3 Å².